The molecule has 4 nitrogen and oxygen atoms in total. The van der Waals surface area contributed by atoms with E-state index < -0.39 is 5.97 Å². The van der Waals surface area contributed by atoms with Gasteiger partial charge in [0, 0.05) is 18.2 Å². The summed E-state index contributed by atoms with van der Waals surface area (Å²) >= 11 is 0. The van der Waals surface area contributed by atoms with Gasteiger partial charge in [-0.1, -0.05) is 19.1 Å². The first-order valence-electron chi connectivity index (χ1n) is 5.84. The van der Waals surface area contributed by atoms with Crippen LogP contribution >= 0.6 is 0 Å². The molecule has 0 unspecified atom stereocenters. The first-order valence-corrected chi connectivity index (χ1v) is 5.84. The van der Waals surface area contributed by atoms with Crippen molar-refractivity contribution in [2.45, 2.75) is 20.3 Å². The van der Waals surface area contributed by atoms with Crippen molar-refractivity contribution in [1.82, 2.24) is 5.32 Å². The number of hydrogen-bond donors (Lipinski definition) is 2. The maximum Gasteiger partial charge on any atom is 0.328 e. The third kappa shape index (κ3) is 4.05. The Kier molecular flexibility index (Phi) is 5.11. The van der Waals surface area contributed by atoms with Gasteiger partial charge in [-0.05, 0) is 36.6 Å². The third-order valence-corrected chi connectivity index (χ3v) is 2.46. The molecule has 1 aromatic rings. The highest BCUT2D eigenvalue weighted by Gasteiger charge is 2.08. The summed E-state index contributed by atoms with van der Waals surface area (Å²) in [6.45, 7) is 4.47. The first kappa shape index (κ1) is 14.0. The van der Waals surface area contributed by atoms with Crippen LogP contribution in [0.4, 0.5) is 0 Å². The topological polar surface area (TPSA) is 66.4 Å². The molecule has 2 N–H and O–H groups in total. The van der Waals surface area contributed by atoms with Crippen LogP contribution in [0.5, 0.6) is 0 Å². The minimum Gasteiger partial charge on any atom is -0.478 e. The van der Waals surface area contributed by atoms with E-state index in [-0.39, 0.29) is 5.91 Å². The second-order valence-corrected chi connectivity index (χ2v) is 4.00. The van der Waals surface area contributed by atoms with Gasteiger partial charge in [-0.2, -0.15) is 0 Å². The molecule has 1 aromatic carbocycles. The van der Waals surface area contributed by atoms with E-state index in [0.29, 0.717) is 17.7 Å². The number of aliphatic carboxylic acids is 1. The Bertz CT molecular complexity index is 478. The molecular weight excluding hydrogens is 230 g/mol. The van der Waals surface area contributed by atoms with Gasteiger partial charge in [0.15, 0.2) is 0 Å². The second-order valence-electron chi connectivity index (χ2n) is 4.00. The lowest BCUT2D eigenvalue weighted by Crippen LogP contribution is -2.24. The largest absolute Gasteiger partial charge is 0.478 e. The Hall–Kier alpha value is -2.10. The van der Waals surface area contributed by atoms with Crippen LogP contribution < -0.4 is 5.32 Å². The number of carboxylic acids is 1. The van der Waals surface area contributed by atoms with Gasteiger partial charge in [-0.3, -0.25) is 4.79 Å². The highest BCUT2D eigenvalue weighted by molar-refractivity contribution is 5.96. The summed E-state index contributed by atoms with van der Waals surface area (Å²) in [5, 5.41) is 11.4. The summed E-state index contributed by atoms with van der Waals surface area (Å²) in [5.74, 6) is -1.13. The smallest absolute Gasteiger partial charge is 0.328 e. The molecular formula is C14H17NO3. The number of aryl methyl sites for hydroxylation is 1. The van der Waals surface area contributed by atoms with Crippen LogP contribution in [0, 0.1) is 6.92 Å². The number of carboxylic acid groups (broad SMARTS) is 1. The maximum atomic E-state index is 11.9. The van der Waals surface area contributed by atoms with Gasteiger partial charge in [0.2, 0.25) is 0 Å². The molecule has 1 rings (SSSR count). The normalized spacial score (nSPS) is 10.6. The van der Waals surface area contributed by atoms with Crippen molar-refractivity contribution in [2.75, 3.05) is 6.54 Å². The van der Waals surface area contributed by atoms with Crippen molar-refractivity contribution in [3.63, 3.8) is 0 Å². The molecule has 0 aliphatic heterocycles. The highest BCUT2D eigenvalue weighted by atomic mass is 16.4. The lowest BCUT2D eigenvalue weighted by atomic mass is 10.0. The quantitative estimate of drug-likeness (QED) is 0.784. The van der Waals surface area contributed by atoms with Gasteiger partial charge in [-0.25, -0.2) is 4.79 Å². The van der Waals surface area contributed by atoms with E-state index in [1.54, 1.807) is 12.1 Å². The van der Waals surface area contributed by atoms with E-state index in [4.69, 9.17) is 5.11 Å². The number of rotatable bonds is 5. The van der Waals surface area contributed by atoms with Gasteiger partial charge < -0.3 is 10.4 Å². The zero-order valence-corrected chi connectivity index (χ0v) is 10.6. The van der Waals surface area contributed by atoms with Gasteiger partial charge in [0.25, 0.3) is 5.91 Å². The molecule has 0 radical (unpaired) electrons. The van der Waals surface area contributed by atoms with Crippen LogP contribution in [-0.4, -0.2) is 23.5 Å². The van der Waals surface area contributed by atoms with Crippen molar-refractivity contribution in [1.29, 1.82) is 0 Å². The van der Waals surface area contributed by atoms with E-state index in [9.17, 15) is 9.59 Å². The summed E-state index contributed by atoms with van der Waals surface area (Å²) in [6, 6.07) is 5.29. The molecule has 18 heavy (non-hydrogen) atoms. The number of benzene rings is 1. The van der Waals surface area contributed by atoms with Crippen molar-refractivity contribution >= 4 is 18.0 Å². The number of amides is 1. The Morgan fingerprint density at radius 2 is 2.11 bits per heavy atom. The number of carbonyl (C=O) groups is 2. The molecule has 1 amide bonds. The summed E-state index contributed by atoms with van der Waals surface area (Å²) in [5.41, 5.74) is 2.15. The lowest BCUT2D eigenvalue weighted by molar-refractivity contribution is -0.131. The van der Waals surface area contributed by atoms with E-state index in [1.807, 2.05) is 19.9 Å². The van der Waals surface area contributed by atoms with Crippen molar-refractivity contribution in [3.05, 3.63) is 41.0 Å². The van der Waals surface area contributed by atoms with Crippen molar-refractivity contribution in [3.8, 4) is 0 Å². The average Bonchev–Trinajstić information content (AvgIpc) is 2.34. The molecule has 0 heterocycles. The maximum absolute atomic E-state index is 11.9. The Morgan fingerprint density at radius 3 is 2.72 bits per heavy atom. The fourth-order valence-electron chi connectivity index (χ4n) is 1.49. The predicted octanol–water partition coefficient (Wildman–Crippen LogP) is 2.23. The molecule has 0 saturated heterocycles. The van der Waals surface area contributed by atoms with E-state index in [0.717, 1.165) is 18.1 Å². The number of nitrogens with one attached hydrogen (secondary N) is 1. The van der Waals surface area contributed by atoms with E-state index in [1.165, 1.54) is 6.08 Å². The molecule has 0 spiro atoms. The van der Waals surface area contributed by atoms with Gasteiger partial charge >= 0.3 is 5.97 Å². The zero-order valence-electron chi connectivity index (χ0n) is 10.6. The minimum atomic E-state index is -1.01. The fourth-order valence-corrected chi connectivity index (χ4v) is 1.49. The summed E-state index contributed by atoms with van der Waals surface area (Å²) in [4.78, 5) is 22.3. The number of carbonyl (C=O) groups excluding carboxylic acids is 1. The molecule has 0 aliphatic carbocycles. The Morgan fingerprint density at radius 1 is 1.39 bits per heavy atom. The SMILES string of the molecule is CCCNC(=O)c1cc(C=CC(=O)O)ccc1C. The third-order valence-electron chi connectivity index (χ3n) is 2.46. The van der Waals surface area contributed by atoms with Crippen LogP contribution in [0.25, 0.3) is 6.08 Å². The summed E-state index contributed by atoms with van der Waals surface area (Å²) in [7, 11) is 0. The standard InChI is InChI=1S/C14H17NO3/c1-3-8-15-14(18)12-9-11(5-4-10(12)2)6-7-13(16)17/h4-7,9H,3,8H2,1-2H3,(H,15,18)(H,16,17). The van der Waals surface area contributed by atoms with Crippen LogP contribution in [0.15, 0.2) is 24.3 Å². The fraction of sp³-hybridized carbons (Fsp3) is 0.286. The first-order chi connectivity index (χ1) is 8.54. The second kappa shape index (κ2) is 6.59. The molecule has 0 bridgehead atoms. The monoisotopic (exact) mass is 247 g/mol. The van der Waals surface area contributed by atoms with Crippen molar-refractivity contribution in [2.24, 2.45) is 0 Å². The molecule has 4 heteroatoms. The average molecular weight is 247 g/mol. The lowest BCUT2D eigenvalue weighted by Gasteiger charge is -2.07. The minimum absolute atomic E-state index is 0.125. The Balaban J connectivity index is 2.94. The molecule has 96 valence electrons. The van der Waals surface area contributed by atoms with Crippen LogP contribution in [-0.2, 0) is 4.79 Å². The van der Waals surface area contributed by atoms with Crippen LogP contribution in [0.3, 0.4) is 0 Å². The van der Waals surface area contributed by atoms with Gasteiger partial charge in [0.05, 0.1) is 0 Å². The van der Waals surface area contributed by atoms with E-state index in [2.05, 4.69) is 5.32 Å². The summed E-state index contributed by atoms with van der Waals surface area (Å²) in [6.07, 6.45) is 3.40. The number of hydrogen-bond acceptors (Lipinski definition) is 2. The zero-order chi connectivity index (χ0) is 13.5. The van der Waals surface area contributed by atoms with Crippen LogP contribution in [0.1, 0.15) is 34.8 Å². The molecule has 0 fully saturated rings. The van der Waals surface area contributed by atoms with Gasteiger partial charge in [-0.15, -0.1) is 0 Å². The van der Waals surface area contributed by atoms with E-state index >= 15 is 0 Å². The highest BCUT2D eigenvalue weighted by Crippen LogP contribution is 2.12. The molecule has 0 saturated carbocycles. The predicted molar refractivity (Wildman–Crippen MR) is 70.5 cm³/mol. The van der Waals surface area contributed by atoms with Crippen molar-refractivity contribution < 1.29 is 14.7 Å². The summed E-state index contributed by atoms with van der Waals surface area (Å²) < 4.78 is 0. The molecule has 0 aromatic heterocycles. The van der Waals surface area contributed by atoms with Gasteiger partial charge in [0.1, 0.15) is 0 Å². The molecule has 0 aliphatic rings. The molecule has 0 atom stereocenters. The van der Waals surface area contributed by atoms with Crippen LogP contribution in [0.2, 0.25) is 0 Å². The Labute approximate surface area is 106 Å².